The predicted molar refractivity (Wildman–Crippen MR) is 76.5 cm³/mol. The summed E-state index contributed by atoms with van der Waals surface area (Å²) in [6, 6.07) is 4.26. The van der Waals surface area contributed by atoms with E-state index in [1.807, 2.05) is 24.5 Å². The van der Waals surface area contributed by atoms with Gasteiger partial charge >= 0.3 is 0 Å². The normalized spacial score (nSPS) is 20.1. The standard InChI is InChI=1S/C15H25N3O/c1-2-19-15(8-4-3-5-9-15)14(18-16)12-13-6-10-17-11-7-13/h6-7,10-11,14,18H,2-5,8-9,12,16H2,1H3. The Hall–Kier alpha value is -0.970. The van der Waals surface area contributed by atoms with Gasteiger partial charge in [0, 0.05) is 19.0 Å². The number of nitrogens with one attached hydrogen (secondary N) is 1. The molecule has 4 nitrogen and oxygen atoms in total. The van der Waals surface area contributed by atoms with Crippen LogP contribution in [0.1, 0.15) is 44.6 Å². The maximum Gasteiger partial charge on any atom is 0.0851 e. The molecular formula is C15H25N3O. The van der Waals surface area contributed by atoms with Gasteiger partial charge in [-0.05, 0) is 43.9 Å². The maximum atomic E-state index is 6.14. The van der Waals surface area contributed by atoms with E-state index in [1.165, 1.54) is 24.8 Å². The Morgan fingerprint density at radius 1 is 1.32 bits per heavy atom. The van der Waals surface area contributed by atoms with Crippen molar-refractivity contribution in [3.8, 4) is 0 Å². The highest BCUT2D eigenvalue weighted by Gasteiger charge is 2.40. The summed E-state index contributed by atoms with van der Waals surface area (Å²) in [7, 11) is 0. The fourth-order valence-corrected chi connectivity index (χ4v) is 3.18. The monoisotopic (exact) mass is 263 g/mol. The first-order chi connectivity index (χ1) is 9.30. The number of hydrazine groups is 1. The zero-order valence-electron chi connectivity index (χ0n) is 11.8. The van der Waals surface area contributed by atoms with Gasteiger partial charge in [0.25, 0.3) is 0 Å². The summed E-state index contributed by atoms with van der Waals surface area (Å²) in [5.74, 6) is 5.82. The summed E-state index contributed by atoms with van der Waals surface area (Å²) in [5, 5.41) is 0. The Kier molecular flexibility index (Phi) is 5.31. The van der Waals surface area contributed by atoms with E-state index in [9.17, 15) is 0 Å². The van der Waals surface area contributed by atoms with E-state index in [1.54, 1.807) is 0 Å². The van der Waals surface area contributed by atoms with Gasteiger partial charge in [0.2, 0.25) is 0 Å². The molecule has 2 rings (SSSR count). The van der Waals surface area contributed by atoms with Crippen LogP contribution < -0.4 is 11.3 Å². The van der Waals surface area contributed by atoms with Crippen LogP contribution in [0.25, 0.3) is 0 Å². The Balaban J connectivity index is 2.12. The van der Waals surface area contributed by atoms with Gasteiger partial charge in [0.05, 0.1) is 11.6 Å². The number of aromatic nitrogens is 1. The third-order valence-corrected chi connectivity index (χ3v) is 4.16. The van der Waals surface area contributed by atoms with Crippen molar-refractivity contribution in [3.05, 3.63) is 30.1 Å². The Morgan fingerprint density at radius 3 is 2.58 bits per heavy atom. The molecule has 0 radical (unpaired) electrons. The lowest BCUT2D eigenvalue weighted by Gasteiger charge is -2.43. The maximum absolute atomic E-state index is 6.14. The smallest absolute Gasteiger partial charge is 0.0851 e. The van der Waals surface area contributed by atoms with Crippen molar-refractivity contribution in [1.29, 1.82) is 0 Å². The lowest BCUT2D eigenvalue weighted by molar-refractivity contribution is -0.0898. The van der Waals surface area contributed by atoms with Crippen molar-refractivity contribution < 1.29 is 4.74 Å². The summed E-state index contributed by atoms with van der Waals surface area (Å²) in [6.07, 6.45) is 10.5. The average Bonchev–Trinajstić information content (AvgIpc) is 2.47. The Labute approximate surface area is 115 Å². The van der Waals surface area contributed by atoms with Gasteiger partial charge in [0.15, 0.2) is 0 Å². The van der Waals surface area contributed by atoms with E-state index >= 15 is 0 Å². The van der Waals surface area contributed by atoms with E-state index < -0.39 is 0 Å². The molecule has 0 amide bonds. The molecule has 4 heteroatoms. The van der Waals surface area contributed by atoms with Gasteiger partial charge in [-0.2, -0.15) is 0 Å². The summed E-state index contributed by atoms with van der Waals surface area (Å²) in [4.78, 5) is 4.06. The predicted octanol–water partition coefficient (Wildman–Crippen LogP) is 2.20. The molecule has 1 aliphatic rings. The molecule has 1 atom stereocenters. The fourth-order valence-electron chi connectivity index (χ4n) is 3.18. The van der Waals surface area contributed by atoms with Gasteiger partial charge in [-0.3, -0.25) is 16.3 Å². The summed E-state index contributed by atoms with van der Waals surface area (Å²) in [6.45, 7) is 2.81. The molecular weight excluding hydrogens is 238 g/mol. The van der Waals surface area contributed by atoms with E-state index in [2.05, 4.69) is 17.3 Å². The highest BCUT2D eigenvalue weighted by atomic mass is 16.5. The number of pyridine rings is 1. The van der Waals surface area contributed by atoms with Crippen molar-refractivity contribution in [2.24, 2.45) is 5.84 Å². The molecule has 1 unspecified atom stereocenters. The minimum absolute atomic E-state index is 0.106. The van der Waals surface area contributed by atoms with Crippen LogP contribution in [-0.4, -0.2) is 23.2 Å². The van der Waals surface area contributed by atoms with Crippen LogP contribution in [0.5, 0.6) is 0 Å². The molecule has 0 saturated heterocycles. The number of ether oxygens (including phenoxy) is 1. The minimum atomic E-state index is -0.106. The summed E-state index contributed by atoms with van der Waals surface area (Å²) >= 11 is 0. The topological polar surface area (TPSA) is 60.2 Å². The van der Waals surface area contributed by atoms with E-state index in [0.29, 0.717) is 0 Å². The molecule has 0 aromatic carbocycles. The minimum Gasteiger partial charge on any atom is -0.374 e. The zero-order chi connectivity index (χ0) is 13.6. The van der Waals surface area contributed by atoms with Crippen LogP contribution in [0.4, 0.5) is 0 Å². The van der Waals surface area contributed by atoms with Crippen LogP contribution >= 0.6 is 0 Å². The molecule has 1 fully saturated rings. The molecule has 1 aromatic heterocycles. The zero-order valence-corrected chi connectivity index (χ0v) is 11.8. The van der Waals surface area contributed by atoms with Crippen molar-refractivity contribution in [3.63, 3.8) is 0 Å². The van der Waals surface area contributed by atoms with Crippen molar-refractivity contribution >= 4 is 0 Å². The largest absolute Gasteiger partial charge is 0.374 e. The second kappa shape index (κ2) is 6.98. The number of hydrogen-bond donors (Lipinski definition) is 2. The lowest BCUT2D eigenvalue weighted by Crippen LogP contribution is -2.57. The Morgan fingerprint density at radius 2 is 2.00 bits per heavy atom. The third-order valence-electron chi connectivity index (χ3n) is 4.16. The molecule has 19 heavy (non-hydrogen) atoms. The number of hydrogen-bond acceptors (Lipinski definition) is 4. The van der Waals surface area contributed by atoms with Crippen molar-refractivity contribution in [1.82, 2.24) is 10.4 Å². The molecule has 0 spiro atoms. The second-order valence-corrected chi connectivity index (χ2v) is 5.34. The molecule has 1 aromatic rings. The summed E-state index contributed by atoms with van der Waals surface area (Å²) < 4.78 is 6.14. The quantitative estimate of drug-likeness (QED) is 0.610. The van der Waals surface area contributed by atoms with Crippen LogP contribution in [0.2, 0.25) is 0 Å². The number of nitrogens with two attached hydrogens (primary N) is 1. The number of nitrogens with zero attached hydrogens (tertiary/aromatic N) is 1. The van der Waals surface area contributed by atoms with E-state index in [0.717, 1.165) is 25.9 Å². The molecule has 0 aliphatic heterocycles. The molecule has 1 heterocycles. The van der Waals surface area contributed by atoms with Crippen LogP contribution in [0.15, 0.2) is 24.5 Å². The molecule has 106 valence electrons. The van der Waals surface area contributed by atoms with Crippen LogP contribution in [0, 0.1) is 0 Å². The SMILES string of the molecule is CCOC1(C(Cc2ccncc2)NN)CCCCC1. The molecule has 0 bridgehead atoms. The Bertz CT molecular complexity index is 357. The third kappa shape index (κ3) is 3.53. The van der Waals surface area contributed by atoms with Gasteiger partial charge in [-0.25, -0.2) is 0 Å². The van der Waals surface area contributed by atoms with Crippen molar-refractivity contribution in [2.75, 3.05) is 6.61 Å². The second-order valence-electron chi connectivity index (χ2n) is 5.34. The van der Waals surface area contributed by atoms with E-state index in [4.69, 9.17) is 10.6 Å². The van der Waals surface area contributed by atoms with Gasteiger partial charge < -0.3 is 4.74 Å². The number of rotatable bonds is 6. The first-order valence-corrected chi connectivity index (χ1v) is 7.30. The van der Waals surface area contributed by atoms with Crippen LogP contribution in [0.3, 0.4) is 0 Å². The highest BCUT2D eigenvalue weighted by molar-refractivity contribution is 5.13. The lowest BCUT2D eigenvalue weighted by atomic mass is 9.77. The van der Waals surface area contributed by atoms with Crippen molar-refractivity contribution in [2.45, 2.75) is 57.1 Å². The van der Waals surface area contributed by atoms with E-state index in [-0.39, 0.29) is 11.6 Å². The molecule has 1 saturated carbocycles. The first kappa shape index (κ1) is 14.4. The van der Waals surface area contributed by atoms with Gasteiger partial charge in [0.1, 0.15) is 0 Å². The highest BCUT2D eigenvalue weighted by Crippen LogP contribution is 2.35. The molecule has 3 N–H and O–H groups in total. The van der Waals surface area contributed by atoms with Gasteiger partial charge in [-0.15, -0.1) is 0 Å². The van der Waals surface area contributed by atoms with Crippen LogP contribution in [-0.2, 0) is 11.2 Å². The first-order valence-electron chi connectivity index (χ1n) is 7.30. The molecule has 1 aliphatic carbocycles. The fraction of sp³-hybridized carbons (Fsp3) is 0.667. The average molecular weight is 263 g/mol. The summed E-state index contributed by atoms with van der Waals surface area (Å²) in [5.41, 5.74) is 4.15. The van der Waals surface area contributed by atoms with Gasteiger partial charge in [-0.1, -0.05) is 19.3 Å².